The maximum absolute atomic E-state index is 2.39. The van der Waals surface area contributed by atoms with Gasteiger partial charge in [-0.3, -0.25) is 0 Å². The van der Waals surface area contributed by atoms with Gasteiger partial charge in [0.2, 0.25) is 0 Å². The molecule has 1 aliphatic rings. The van der Waals surface area contributed by atoms with E-state index in [9.17, 15) is 0 Å². The topological polar surface area (TPSA) is 0 Å². The minimum absolute atomic E-state index is 0.734. The Morgan fingerprint density at radius 1 is 0.667 bits per heavy atom. The molecular formula is C22H46P2. The molecule has 1 saturated carbocycles. The van der Waals surface area contributed by atoms with Crippen LogP contribution in [0.5, 0.6) is 0 Å². The minimum atomic E-state index is 0.734. The van der Waals surface area contributed by atoms with Crippen LogP contribution in [-0.4, -0.2) is 23.6 Å². The molecule has 0 bridgehead atoms. The van der Waals surface area contributed by atoms with E-state index >= 15 is 0 Å². The van der Waals surface area contributed by atoms with Gasteiger partial charge in [0.1, 0.15) is 0 Å². The SMILES string of the molecule is CCCCPC1CC(PCCCC)CC(CCCC)(CCCC)C1. The van der Waals surface area contributed by atoms with E-state index in [1.165, 1.54) is 93.7 Å². The van der Waals surface area contributed by atoms with E-state index in [-0.39, 0.29) is 0 Å². The molecule has 4 atom stereocenters. The first-order chi connectivity index (χ1) is 11.7. The molecule has 0 spiro atoms. The van der Waals surface area contributed by atoms with Gasteiger partial charge < -0.3 is 0 Å². The van der Waals surface area contributed by atoms with Crippen molar-refractivity contribution in [2.45, 2.75) is 122 Å². The lowest BCUT2D eigenvalue weighted by molar-refractivity contribution is 0.155. The van der Waals surface area contributed by atoms with Gasteiger partial charge in [-0.2, -0.15) is 0 Å². The summed E-state index contributed by atoms with van der Waals surface area (Å²) in [5.41, 5.74) is 2.90. The molecule has 24 heavy (non-hydrogen) atoms. The molecule has 2 heteroatoms. The third-order valence-electron chi connectivity index (χ3n) is 5.98. The van der Waals surface area contributed by atoms with E-state index < -0.39 is 0 Å². The maximum Gasteiger partial charge on any atom is -0.0225 e. The van der Waals surface area contributed by atoms with Crippen LogP contribution in [0, 0.1) is 5.41 Å². The van der Waals surface area contributed by atoms with Crippen LogP contribution in [0.4, 0.5) is 0 Å². The molecule has 0 nitrogen and oxygen atoms in total. The average molecular weight is 373 g/mol. The first kappa shape index (κ1) is 22.9. The van der Waals surface area contributed by atoms with Crippen molar-refractivity contribution < 1.29 is 0 Å². The molecule has 144 valence electrons. The fourth-order valence-corrected chi connectivity index (χ4v) is 8.78. The second-order valence-electron chi connectivity index (χ2n) is 8.36. The molecule has 0 saturated heterocycles. The van der Waals surface area contributed by atoms with Crippen LogP contribution in [0.25, 0.3) is 0 Å². The second-order valence-corrected chi connectivity index (χ2v) is 11.8. The molecule has 0 aliphatic heterocycles. The van der Waals surface area contributed by atoms with Crippen molar-refractivity contribution >= 4 is 17.2 Å². The van der Waals surface area contributed by atoms with E-state index in [0.29, 0.717) is 0 Å². The Kier molecular flexibility index (Phi) is 13.3. The molecule has 0 radical (unpaired) electrons. The highest BCUT2D eigenvalue weighted by molar-refractivity contribution is 7.40. The van der Waals surface area contributed by atoms with E-state index in [0.717, 1.165) is 16.7 Å². The van der Waals surface area contributed by atoms with Crippen molar-refractivity contribution in [1.82, 2.24) is 0 Å². The summed E-state index contributed by atoms with van der Waals surface area (Å²) in [6.45, 7) is 9.48. The maximum atomic E-state index is 2.39. The van der Waals surface area contributed by atoms with Gasteiger partial charge in [0, 0.05) is 0 Å². The van der Waals surface area contributed by atoms with E-state index in [2.05, 4.69) is 27.7 Å². The van der Waals surface area contributed by atoms with Gasteiger partial charge in [0.25, 0.3) is 0 Å². The highest BCUT2D eigenvalue weighted by Gasteiger charge is 2.39. The number of rotatable bonds is 14. The molecule has 4 unspecified atom stereocenters. The summed E-state index contributed by atoms with van der Waals surface area (Å²) in [4.78, 5) is 0. The Morgan fingerprint density at radius 2 is 1.08 bits per heavy atom. The smallest absolute Gasteiger partial charge is 0.0225 e. The Balaban J connectivity index is 2.71. The van der Waals surface area contributed by atoms with Crippen LogP contribution >= 0.6 is 17.2 Å². The summed E-state index contributed by atoms with van der Waals surface area (Å²) in [6.07, 6.45) is 22.3. The highest BCUT2D eigenvalue weighted by atomic mass is 31.1. The monoisotopic (exact) mass is 372 g/mol. The molecule has 0 aromatic carbocycles. The first-order valence-corrected chi connectivity index (χ1v) is 13.7. The van der Waals surface area contributed by atoms with Crippen LogP contribution < -0.4 is 0 Å². The Morgan fingerprint density at radius 3 is 1.46 bits per heavy atom. The third kappa shape index (κ3) is 8.99. The lowest BCUT2D eigenvalue weighted by Gasteiger charge is -2.45. The molecule has 1 aliphatic carbocycles. The molecular weight excluding hydrogens is 326 g/mol. The Hall–Kier alpha value is 0.860. The Labute approximate surface area is 157 Å². The van der Waals surface area contributed by atoms with Crippen molar-refractivity contribution in [3.8, 4) is 0 Å². The summed E-state index contributed by atoms with van der Waals surface area (Å²) in [6, 6.07) is 0. The first-order valence-electron chi connectivity index (χ1n) is 11.2. The quantitative estimate of drug-likeness (QED) is 0.213. The lowest BCUT2D eigenvalue weighted by Crippen LogP contribution is -2.36. The molecule has 0 aromatic rings. The zero-order valence-corrected chi connectivity index (χ0v) is 19.3. The largest absolute Gasteiger partial charge is 0.119 e. The predicted octanol–water partition coefficient (Wildman–Crippen LogP) is 8.23. The summed E-state index contributed by atoms with van der Waals surface area (Å²) in [5.74, 6) is 0. The summed E-state index contributed by atoms with van der Waals surface area (Å²) < 4.78 is 0. The number of hydrogen-bond donors (Lipinski definition) is 0. The highest BCUT2D eigenvalue weighted by Crippen LogP contribution is 2.53. The Bertz CT molecular complexity index is 262. The van der Waals surface area contributed by atoms with Gasteiger partial charge in [-0.25, -0.2) is 0 Å². The zero-order valence-electron chi connectivity index (χ0n) is 17.3. The fourth-order valence-electron chi connectivity index (χ4n) is 4.55. The molecule has 0 N–H and O–H groups in total. The van der Waals surface area contributed by atoms with Crippen LogP contribution in [0.15, 0.2) is 0 Å². The van der Waals surface area contributed by atoms with Crippen molar-refractivity contribution in [1.29, 1.82) is 0 Å². The second kappa shape index (κ2) is 14.0. The predicted molar refractivity (Wildman–Crippen MR) is 119 cm³/mol. The molecule has 1 fully saturated rings. The van der Waals surface area contributed by atoms with Gasteiger partial charge in [0.15, 0.2) is 0 Å². The summed E-state index contributed by atoms with van der Waals surface area (Å²) in [7, 11) is 2.52. The van der Waals surface area contributed by atoms with E-state index in [1.807, 2.05) is 0 Å². The van der Waals surface area contributed by atoms with Crippen molar-refractivity contribution in [2.24, 2.45) is 5.41 Å². The van der Waals surface area contributed by atoms with Crippen LogP contribution in [-0.2, 0) is 0 Å². The average Bonchev–Trinajstić information content (AvgIpc) is 2.59. The van der Waals surface area contributed by atoms with Crippen molar-refractivity contribution in [2.75, 3.05) is 12.3 Å². The fraction of sp³-hybridized carbons (Fsp3) is 1.00. The molecule has 0 aromatic heterocycles. The normalized spacial score (nSPS) is 24.5. The summed E-state index contributed by atoms with van der Waals surface area (Å²) >= 11 is 0. The zero-order chi connectivity index (χ0) is 17.7. The van der Waals surface area contributed by atoms with E-state index in [4.69, 9.17) is 0 Å². The van der Waals surface area contributed by atoms with Gasteiger partial charge in [0.05, 0.1) is 0 Å². The summed E-state index contributed by atoms with van der Waals surface area (Å²) in [5, 5.41) is 0. The van der Waals surface area contributed by atoms with Gasteiger partial charge in [-0.05, 0) is 74.0 Å². The van der Waals surface area contributed by atoms with Crippen LogP contribution in [0.2, 0.25) is 0 Å². The van der Waals surface area contributed by atoms with Crippen molar-refractivity contribution in [3.63, 3.8) is 0 Å². The number of unbranched alkanes of at least 4 members (excludes halogenated alkanes) is 4. The standard InChI is InChI=1S/C22H46P2/c1-5-9-13-22(14-10-6-2)18-20(23-15-11-7-3)17-21(19-22)24-16-12-8-4/h20-21,23-24H,5-19H2,1-4H3. The lowest BCUT2D eigenvalue weighted by atomic mass is 9.67. The van der Waals surface area contributed by atoms with Gasteiger partial charge in [-0.15, -0.1) is 17.2 Å². The van der Waals surface area contributed by atoms with Crippen LogP contribution in [0.3, 0.4) is 0 Å². The molecule has 0 heterocycles. The van der Waals surface area contributed by atoms with Crippen molar-refractivity contribution in [3.05, 3.63) is 0 Å². The minimum Gasteiger partial charge on any atom is -0.119 e. The van der Waals surface area contributed by atoms with Gasteiger partial charge in [-0.1, -0.05) is 66.2 Å². The number of hydrogen-bond acceptors (Lipinski definition) is 0. The van der Waals surface area contributed by atoms with E-state index in [1.54, 1.807) is 19.3 Å². The molecule has 0 amide bonds. The van der Waals surface area contributed by atoms with Gasteiger partial charge >= 0.3 is 0 Å². The third-order valence-corrected chi connectivity index (χ3v) is 9.29. The molecule has 1 rings (SSSR count). The van der Waals surface area contributed by atoms with Crippen LogP contribution in [0.1, 0.15) is 111 Å².